The Morgan fingerprint density at radius 3 is 2.46 bits per heavy atom. The third-order valence-corrected chi connectivity index (χ3v) is 6.62. The van der Waals surface area contributed by atoms with E-state index in [0.29, 0.717) is 28.9 Å². The number of hydrogen-bond donors (Lipinski definition) is 2. The first-order valence-corrected chi connectivity index (χ1v) is 12.9. The molecule has 6 nitrogen and oxygen atoms in total. The number of likely N-dealkylation sites (N-methyl/N-ethyl adjacent to an activating group) is 1. The second-order valence-electron chi connectivity index (χ2n) is 9.52. The number of nitrogens with two attached hydrogens (primary N) is 1. The van der Waals surface area contributed by atoms with Crippen molar-refractivity contribution >= 4 is 23.1 Å². The lowest BCUT2D eigenvalue weighted by Crippen LogP contribution is -2.21. The van der Waals surface area contributed by atoms with Crippen LogP contribution in [-0.2, 0) is 17.8 Å². The summed E-state index contributed by atoms with van der Waals surface area (Å²) in [5, 5.41) is 4.28. The van der Waals surface area contributed by atoms with Crippen LogP contribution in [0.4, 0.5) is 13.2 Å². The molecule has 5 aromatic rings. The molecule has 0 spiro atoms. The number of pyridine rings is 1. The molecule has 1 atom stereocenters. The summed E-state index contributed by atoms with van der Waals surface area (Å²) >= 11 is 0. The van der Waals surface area contributed by atoms with Crippen molar-refractivity contribution in [2.75, 3.05) is 7.05 Å². The number of hydrogen-bond acceptors (Lipinski definition) is 4. The van der Waals surface area contributed by atoms with Crippen LogP contribution in [0, 0.1) is 24.4 Å². The van der Waals surface area contributed by atoms with E-state index in [0.717, 1.165) is 17.9 Å². The Hall–Kier alpha value is -4.76. The molecule has 2 heterocycles. The summed E-state index contributed by atoms with van der Waals surface area (Å²) in [6, 6.07) is 18.8. The van der Waals surface area contributed by atoms with E-state index in [1.807, 2.05) is 16.8 Å². The minimum absolute atomic E-state index is 0.222. The van der Waals surface area contributed by atoms with Crippen LogP contribution < -0.4 is 11.1 Å². The van der Waals surface area contributed by atoms with Crippen LogP contribution in [0.3, 0.4) is 0 Å². The zero-order valence-corrected chi connectivity index (χ0v) is 22.6. The SMILES string of the molecule is CNC(Cc1cc(F)cc(F)c1)c1ncccc1-c1ccc(F)c(C(N)=O)c1.Cc1ccc2ccn(CC=O)c2c1. The molecule has 0 fully saturated rings. The zero-order valence-electron chi connectivity index (χ0n) is 22.6. The summed E-state index contributed by atoms with van der Waals surface area (Å²) in [5.41, 5.74) is 9.64. The molecule has 9 heteroatoms. The Bertz CT molecular complexity index is 1680. The number of aldehydes is 1. The predicted molar refractivity (Wildman–Crippen MR) is 153 cm³/mol. The summed E-state index contributed by atoms with van der Waals surface area (Å²) in [7, 11) is 1.71. The van der Waals surface area contributed by atoms with Crippen molar-refractivity contribution in [3.8, 4) is 11.1 Å². The highest BCUT2D eigenvalue weighted by molar-refractivity contribution is 5.94. The number of aromatic nitrogens is 2. The van der Waals surface area contributed by atoms with Gasteiger partial charge in [-0.15, -0.1) is 0 Å². The number of carbonyl (C=O) groups is 2. The lowest BCUT2D eigenvalue weighted by Gasteiger charge is -2.19. The van der Waals surface area contributed by atoms with E-state index in [9.17, 15) is 22.8 Å². The normalized spacial score (nSPS) is 11.5. The first-order valence-electron chi connectivity index (χ1n) is 12.9. The molecule has 3 N–H and O–H groups in total. The predicted octanol–water partition coefficient (Wildman–Crippen LogP) is 5.92. The molecular formula is C32H29F3N4O2. The fourth-order valence-electron chi connectivity index (χ4n) is 4.65. The number of carbonyl (C=O) groups excluding carboxylic acids is 2. The maximum absolute atomic E-state index is 13.8. The van der Waals surface area contributed by atoms with Crippen molar-refractivity contribution < 1.29 is 22.8 Å². The van der Waals surface area contributed by atoms with Crippen molar-refractivity contribution in [1.82, 2.24) is 14.9 Å². The van der Waals surface area contributed by atoms with E-state index >= 15 is 0 Å². The Morgan fingerprint density at radius 2 is 1.78 bits per heavy atom. The largest absolute Gasteiger partial charge is 0.366 e. The molecule has 1 unspecified atom stereocenters. The van der Waals surface area contributed by atoms with Crippen molar-refractivity contribution in [3.05, 3.63) is 125 Å². The minimum atomic E-state index is -0.870. The molecule has 0 saturated carbocycles. The second kappa shape index (κ2) is 13.1. The van der Waals surface area contributed by atoms with Gasteiger partial charge in [-0.05, 0) is 84.9 Å². The molecule has 41 heavy (non-hydrogen) atoms. The Balaban J connectivity index is 0.000000247. The number of halogens is 3. The second-order valence-corrected chi connectivity index (χ2v) is 9.52. The first kappa shape index (κ1) is 29.2. The van der Waals surface area contributed by atoms with Crippen LogP contribution in [0.25, 0.3) is 22.0 Å². The molecule has 210 valence electrons. The lowest BCUT2D eigenvalue weighted by molar-refractivity contribution is -0.108. The Labute approximate surface area is 235 Å². The molecule has 0 radical (unpaired) electrons. The van der Waals surface area contributed by atoms with Gasteiger partial charge in [0.05, 0.1) is 23.8 Å². The first-order chi connectivity index (χ1) is 19.7. The summed E-state index contributed by atoms with van der Waals surface area (Å²) in [4.78, 5) is 26.3. The fourth-order valence-corrected chi connectivity index (χ4v) is 4.65. The van der Waals surface area contributed by atoms with Gasteiger partial charge in [0, 0.05) is 29.5 Å². The van der Waals surface area contributed by atoms with E-state index in [-0.39, 0.29) is 18.0 Å². The topological polar surface area (TPSA) is 90.0 Å². The van der Waals surface area contributed by atoms with Crippen LogP contribution >= 0.6 is 0 Å². The van der Waals surface area contributed by atoms with Gasteiger partial charge in [0.15, 0.2) is 0 Å². The number of rotatable bonds is 8. The smallest absolute Gasteiger partial charge is 0.251 e. The molecule has 0 aliphatic rings. The van der Waals surface area contributed by atoms with Crippen molar-refractivity contribution in [2.24, 2.45) is 5.73 Å². The van der Waals surface area contributed by atoms with Crippen molar-refractivity contribution in [1.29, 1.82) is 0 Å². The third kappa shape index (κ3) is 7.06. The highest BCUT2D eigenvalue weighted by atomic mass is 19.1. The molecule has 0 aliphatic carbocycles. The molecule has 2 aromatic heterocycles. The Morgan fingerprint density at radius 1 is 1.02 bits per heavy atom. The summed E-state index contributed by atoms with van der Waals surface area (Å²) < 4.78 is 42.8. The van der Waals surface area contributed by atoms with Gasteiger partial charge >= 0.3 is 0 Å². The highest BCUT2D eigenvalue weighted by Gasteiger charge is 2.19. The molecule has 0 aliphatic heterocycles. The molecule has 1 amide bonds. The van der Waals surface area contributed by atoms with Crippen LogP contribution in [0.15, 0.2) is 85.2 Å². The van der Waals surface area contributed by atoms with Gasteiger partial charge in [-0.3, -0.25) is 9.78 Å². The van der Waals surface area contributed by atoms with Gasteiger partial charge in [0.1, 0.15) is 23.7 Å². The molecular weight excluding hydrogens is 529 g/mol. The van der Waals surface area contributed by atoms with Crippen LogP contribution in [-0.4, -0.2) is 28.8 Å². The number of nitrogens with zero attached hydrogens (tertiary/aromatic N) is 2. The number of fused-ring (bicyclic) bond motifs is 1. The standard InChI is InChI=1S/C21H18F3N3O.C11H11NO/c1-26-19(9-12-7-14(22)11-15(23)8-12)20-16(3-2-6-27-20)13-4-5-18(24)17(10-13)21(25)28;1-9-2-3-10-4-5-12(6-7-13)11(10)8-9/h2-8,10-11,19,26H,9H2,1H3,(H2,25,28);2-5,7-8H,6H2,1H3. The van der Waals surface area contributed by atoms with E-state index < -0.39 is 23.4 Å². The summed E-state index contributed by atoms with van der Waals surface area (Å²) in [6.07, 6.45) is 4.73. The maximum atomic E-state index is 13.8. The van der Waals surface area contributed by atoms with Crippen LogP contribution in [0.2, 0.25) is 0 Å². The average Bonchev–Trinajstić information content (AvgIpc) is 3.33. The van der Waals surface area contributed by atoms with Crippen molar-refractivity contribution in [2.45, 2.75) is 25.9 Å². The van der Waals surface area contributed by atoms with Gasteiger partial charge < -0.3 is 20.4 Å². The number of primary amides is 1. The van der Waals surface area contributed by atoms with Gasteiger partial charge in [-0.2, -0.15) is 0 Å². The summed E-state index contributed by atoms with van der Waals surface area (Å²) in [5.74, 6) is -2.89. The highest BCUT2D eigenvalue weighted by Crippen LogP contribution is 2.30. The number of amides is 1. The van der Waals surface area contributed by atoms with E-state index in [1.54, 1.807) is 25.4 Å². The van der Waals surface area contributed by atoms with Gasteiger partial charge in [0.2, 0.25) is 0 Å². The molecule has 0 bridgehead atoms. The fraction of sp³-hybridized carbons (Fsp3) is 0.156. The average molecular weight is 559 g/mol. The van der Waals surface area contributed by atoms with Gasteiger partial charge in [-0.25, -0.2) is 13.2 Å². The lowest BCUT2D eigenvalue weighted by atomic mass is 9.94. The Kier molecular flexibility index (Phi) is 9.31. The van der Waals surface area contributed by atoms with Gasteiger partial charge in [-0.1, -0.05) is 24.3 Å². The van der Waals surface area contributed by atoms with E-state index in [2.05, 4.69) is 35.4 Å². The maximum Gasteiger partial charge on any atom is 0.251 e. The van der Waals surface area contributed by atoms with Crippen molar-refractivity contribution in [3.63, 3.8) is 0 Å². The third-order valence-electron chi connectivity index (χ3n) is 6.62. The monoisotopic (exact) mass is 558 g/mol. The summed E-state index contributed by atoms with van der Waals surface area (Å²) in [6.45, 7) is 2.49. The molecule has 3 aromatic carbocycles. The van der Waals surface area contributed by atoms with E-state index in [1.165, 1.54) is 41.3 Å². The molecule has 5 rings (SSSR count). The molecule has 0 saturated heterocycles. The minimum Gasteiger partial charge on any atom is -0.366 e. The van der Waals surface area contributed by atoms with E-state index in [4.69, 9.17) is 5.73 Å². The zero-order chi connectivity index (χ0) is 29.5. The quantitative estimate of drug-likeness (QED) is 0.232. The number of benzene rings is 3. The number of nitrogens with one attached hydrogen (secondary N) is 1. The van der Waals surface area contributed by atoms with Gasteiger partial charge in [0.25, 0.3) is 5.91 Å². The van der Waals surface area contributed by atoms with Crippen LogP contribution in [0.1, 0.15) is 33.2 Å². The van der Waals surface area contributed by atoms with Crippen LogP contribution in [0.5, 0.6) is 0 Å². The number of aryl methyl sites for hydroxylation is 1.